The van der Waals surface area contributed by atoms with Gasteiger partial charge in [0.25, 0.3) is 11.8 Å². The molecule has 27 heavy (non-hydrogen) atoms. The molecule has 3 N–H and O–H groups in total. The molecule has 2 heterocycles. The number of halogens is 3. The van der Waals surface area contributed by atoms with E-state index in [4.69, 9.17) is 5.73 Å². The van der Waals surface area contributed by atoms with E-state index in [1.807, 2.05) is 6.92 Å². The Hall–Kier alpha value is -2.39. The number of alkyl halides is 3. The van der Waals surface area contributed by atoms with Crippen LogP contribution in [-0.2, 0) is 19.1 Å². The number of nitrogens with two attached hydrogens (primary N) is 1. The zero-order valence-corrected chi connectivity index (χ0v) is 15.3. The van der Waals surface area contributed by atoms with Gasteiger partial charge in [0.1, 0.15) is 5.00 Å². The van der Waals surface area contributed by atoms with Crippen LogP contribution in [0.3, 0.4) is 0 Å². The average molecular weight is 397 g/mol. The Labute approximate surface area is 158 Å². The van der Waals surface area contributed by atoms with Crippen LogP contribution in [0.1, 0.15) is 43.6 Å². The van der Waals surface area contributed by atoms with Crippen LogP contribution in [0.4, 0.5) is 18.2 Å². The van der Waals surface area contributed by atoms with Crippen LogP contribution in [0, 0.1) is 0 Å². The molecule has 1 aliphatic heterocycles. The summed E-state index contributed by atoms with van der Waals surface area (Å²) in [5.74, 6) is -1.37. The minimum atomic E-state index is -4.54. The van der Waals surface area contributed by atoms with Crippen molar-refractivity contribution in [1.82, 2.24) is 4.90 Å². The number of amides is 2. The Morgan fingerprint density at radius 2 is 2.07 bits per heavy atom. The SMILES string of the molecule is CCN1CCc2c(sc(NC(=O)c3cccc(C(F)(F)F)c3)c2C(N)=O)C1. The minimum absolute atomic E-state index is 0.137. The van der Waals surface area contributed by atoms with Crippen molar-refractivity contribution >= 4 is 28.2 Å². The maximum Gasteiger partial charge on any atom is 0.416 e. The van der Waals surface area contributed by atoms with Crippen LogP contribution in [-0.4, -0.2) is 29.8 Å². The fourth-order valence-corrected chi connectivity index (χ4v) is 4.38. The van der Waals surface area contributed by atoms with Gasteiger partial charge in [-0.1, -0.05) is 13.0 Å². The molecule has 144 valence electrons. The second-order valence-corrected chi connectivity index (χ2v) is 7.33. The number of carbonyl (C=O) groups is 2. The second kappa shape index (κ2) is 7.32. The number of carbonyl (C=O) groups excluding carboxylic acids is 2. The number of hydrogen-bond donors (Lipinski definition) is 2. The van der Waals surface area contributed by atoms with Gasteiger partial charge in [0, 0.05) is 23.5 Å². The third-order valence-corrected chi connectivity index (χ3v) is 5.64. The third kappa shape index (κ3) is 3.98. The minimum Gasteiger partial charge on any atom is -0.365 e. The van der Waals surface area contributed by atoms with Gasteiger partial charge in [-0.3, -0.25) is 14.5 Å². The molecule has 3 rings (SSSR count). The largest absolute Gasteiger partial charge is 0.416 e. The highest BCUT2D eigenvalue weighted by atomic mass is 32.1. The summed E-state index contributed by atoms with van der Waals surface area (Å²) < 4.78 is 38.6. The molecule has 0 aliphatic carbocycles. The van der Waals surface area contributed by atoms with Gasteiger partial charge in [-0.25, -0.2) is 0 Å². The second-order valence-electron chi connectivity index (χ2n) is 6.22. The van der Waals surface area contributed by atoms with E-state index in [-0.39, 0.29) is 16.1 Å². The maximum absolute atomic E-state index is 12.9. The first kappa shape index (κ1) is 19.4. The van der Waals surface area contributed by atoms with Crippen molar-refractivity contribution in [3.63, 3.8) is 0 Å². The number of anilines is 1. The van der Waals surface area contributed by atoms with Gasteiger partial charge in [0.15, 0.2) is 0 Å². The number of nitrogens with zero attached hydrogens (tertiary/aromatic N) is 1. The smallest absolute Gasteiger partial charge is 0.365 e. The number of fused-ring (bicyclic) bond motifs is 1. The van der Waals surface area contributed by atoms with Crippen LogP contribution in [0.2, 0.25) is 0 Å². The topological polar surface area (TPSA) is 75.4 Å². The van der Waals surface area contributed by atoms with Gasteiger partial charge >= 0.3 is 6.18 Å². The number of hydrogen-bond acceptors (Lipinski definition) is 4. The van der Waals surface area contributed by atoms with Gasteiger partial charge in [-0.2, -0.15) is 13.2 Å². The molecular formula is C18H18F3N3O2S. The normalized spacial score (nSPS) is 14.7. The Morgan fingerprint density at radius 3 is 2.70 bits per heavy atom. The number of thiophene rings is 1. The summed E-state index contributed by atoms with van der Waals surface area (Å²) in [5.41, 5.74) is 5.53. The van der Waals surface area contributed by atoms with E-state index in [1.54, 1.807) is 0 Å². The lowest BCUT2D eigenvalue weighted by Crippen LogP contribution is -2.30. The number of likely N-dealkylation sites (N-methyl/N-ethyl adjacent to an activating group) is 1. The molecule has 5 nitrogen and oxygen atoms in total. The van der Waals surface area contributed by atoms with Crippen LogP contribution in [0.15, 0.2) is 24.3 Å². The summed E-state index contributed by atoms with van der Waals surface area (Å²) in [4.78, 5) is 27.5. The predicted molar refractivity (Wildman–Crippen MR) is 96.9 cm³/mol. The average Bonchev–Trinajstić information content (AvgIpc) is 2.97. The highest BCUT2D eigenvalue weighted by molar-refractivity contribution is 7.17. The van der Waals surface area contributed by atoms with Gasteiger partial charge < -0.3 is 11.1 Å². The van der Waals surface area contributed by atoms with Crippen molar-refractivity contribution in [3.05, 3.63) is 51.4 Å². The summed E-state index contributed by atoms with van der Waals surface area (Å²) in [7, 11) is 0. The first-order chi connectivity index (χ1) is 12.7. The van der Waals surface area contributed by atoms with Crippen LogP contribution >= 0.6 is 11.3 Å². The van der Waals surface area contributed by atoms with Crippen molar-refractivity contribution in [1.29, 1.82) is 0 Å². The van der Waals surface area contributed by atoms with E-state index in [0.717, 1.165) is 35.7 Å². The van der Waals surface area contributed by atoms with Crippen molar-refractivity contribution in [2.45, 2.75) is 26.1 Å². The van der Waals surface area contributed by atoms with Gasteiger partial charge in [-0.15, -0.1) is 11.3 Å². The molecule has 0 saturated heterocycles. The van der Waals surface area contributed by atoms with Crippen molar-refractivity contribution < 1.29 is 22.8 Å². The molecule has 0 spiro atoms. The van der Waals surface area contributed by atoms with E-state index in [9.17, 15) is 22.8 Å². The quantitative estimate of drug-likeness (QED) is 0.829. The zero-order chi connectivity index (χ0) is 19.8. The molecule has 0 atom stereocenters. The Balaban J connectivity index is 1.91. The van der Waals surface area contributed by atoms with Gasteiger partial charge in [0.05, 0.1) is 11.1 Å². The molecule has 1 aromatic heterocycles. The van der Waals surface area contributed by atoms with Crippen LogP contribution in [0.5, 0.6) is 0 Å². The lowest BCUT2D eigenvalue weighted by Gasteiger charge is -2.25. The molecular weight excluding hydrogens is 379 g/mol. The Kier molecular flexibility index (Phi) is 5.25. The lowest BCUT2D eigenvalue weighted by atomic mass is 10.0. The highest BCUT2D eigenvalue weighted by Crippen LogP contribution is 2.37. The predicted octanol–water partition coefficient (Wildman–Crippen LogP) is 3.50. The van der Waals surface area contributed by atoms with Gasteiger partial charge in [0.2, 0.25) is 0 Å². The molecule has 0 saturated carbocycles. The lowest BCUT2D eigenvalue weighted by molar-refractivity contribution is -0.137. The van der Waals surface area contributed by atoms with Crippen LogP contribution in [0.25, 0.3) is 0 Å². The van der Waals surface area contributed by atoms with Crippen molar-refractivity contribution in [2.24, 2.45) is 5.73 Å². The number of primary amides is 1. The summed E-state index contributed by atoms with van der Waals surface area (Å²) in [6, 6.07) is 4.15. The Morgan fingerprint density at radius 1 is 1.33 bits per heavy atom. The number of benzene rings is 1. The highest BCUT2D eigenvalue weighted by Gasteiger charge is 2.31. The van der Waals surface area contributed by atoms with Gasteiger partial charge in [-0.05, 0) is 36.7 Å². The van der Waals surface area contributed by atoms with E-state index < -0.39 is 23.6 Å². The molecule has 0 unspecified atom stereocenters. The third-order valence-electron chi connectivity index (χ3n) is 4.51. The summed E-state index contributed by atoms with van der Waals surface area (Å²) in [6.07, 6.45) is -3.91. The Bertz CT molecular complexity index is 892. The maximum atomic E-state index is 12.9. The van der Waals surface area contributed by atoms with E-state index >= 15 is 0 Å². The molecule has 0 bridgehead atoms. The number of rotatable bonds is 4. The monoisotopic (exact) mass is 397 g/mol. The fourth-order valence-electron chi connectivity index (χ4n) is 3.09. The van der Waals surface area contributed by atoms with Crippen molar-refractivity contribution in [3.8, 4) is 0 Å². The number of nitrogens with one attached hydrogen (secondary N) is 1. The summed E-state index contributed by atoms with van der Waals surface area (Å²) in [5, 5.41) is 2.85. The van der Waals surface area contributed by atoms with E-state index in [1.165, 1.54) is 23.5 Å². The molecule has 2 amide bonds. The zero-order valence-electron chi connectivity index (χ0n) is 14.5. The molecule has 1 aromatic carbocycles. The molecule has 0 radical (unpaired) electrons. The van der Waals surface area contributed by atoms with Crippen molar-refractivity contribution in [2.75, 3.05) is 18.4 Å². The van der Waals surface area contributed by atoms with Crippen LogP contribution < -0.4 is 11.1 Å². The molecule has 9 heteroatoms. The fraction of sp³-hybridized carbons (Fsp3) is 0.333. The molecule has 2 aromatic rings. The standard InChI is InChI=1S/C18H18F3N3O2S/c1-2-24-7-6-12-13(9-24)27-17(14(12)15(22)25)23-16(26)10-4-3-5-11(8-10)18(19,20)21/h3-5,8H,2,6-7,9H2,1H3,(H2,22,25)(H,23,26). The molecule has 1 aliphatic rings. The molecule has 0 fully saturated rings. The van der Waals surface area contributed by atoms with E-state index in [0.29, 0.717) is 13.0 Å². The first-order valence-electron chi connectivity index (χ1n) is 8.36. The first-order valence-corrected chi connectivity index (χ1v) is 9.17. The summed E-state index contributed by atoms with van der Waals surface area (Å²) in [6.45, 7) is 4.32. The van der Waals surface area contributed by atoms with E-state index in [2.05, 4.69) is 10.2 Å². The summed E-state index contributed by atoms with van der Waals surface area (Å²) >= 11 is 1.25.